The Morgan fingerprint density at radius 1 is 1.45 bits per heavy atom. The number of nitrogens with one attached hydrogen (secondary N) is 1. The minimum Gasteiger partial charge on any atom is -0.395 e. The number of nitrogens with zero attached hydrogens (tertiary/aromatic N) is 1. The maximum Gasteiger partial charge on any atom is 0.272 e. The SMILES string of the molecule is CC(C)C[C@H](CO)NS(=O)(=O)c1cc([N+](=O)[O-])cc(Br)c1Cl. The van der Waals surface area contributed by atoms with Crippen LogP contribution in [-0.4, -0.2) is 31.1 Å². The van der Waals surface area contributed by atoms with E-state index in [2.05, 4.69) is 20.7 Å². The molecule has 7 nitrogen and oxygen atoms in total. The smallest absolute Gasteiger partial charge is 0.272 e. The lowest BCUT2D eigenvalue weighted by molar-refractivity contribution is -0.385. The van der Waals surface area contributed by atoms with Crippen molar-refractivity contribution in [1.82, 2.24) is 4.72 Å². The number of sulfonamides is 1. The summed E-state index contributed by atoms with van der Waals surface area (Å²) < 4.78 is 27.2. The maximum absolute atomic E-state index is 12.4. The summed E-state index contributed by atoms with van der Waals surface area (Å²) in [5.41, 5.74) is -0.402. The van der Waals surface area contributed by atoms with Crippen molar-refractivity contribution < 1.29 is 18.4 Å². The Hall–Kier alpha value is -0.740. The second-order valence-corrected chi connectivity index (χ2v) is 8.04. The van der Waals surface area contributed by atoms with Gasteiger partial charge < -0.3 is 5.11 Å². The fourth-order valence-corrected chi connectivity index (χ4v) is 4.21. The molecule has 0 bridgehead atoms. The van der Waals surface area contributed by atoms with Crippen LogP contribution in [0.5, 0.6) is 0 Å². The first-order valence-corrected chi connectivity index (χ1v) is 9.00. The summed E-state index contributed by atoms with van der Waals surface area (Å²) in [6.07, 6.45) is 0.420. The van der Waals surface area contributed by atoms with Gasteiger partial charge >= 0.3 is 0 Å². The molecule has 2 N–H and O–H groups in total. The zero-order chi connectivity index (χ0) is 17.1. The molecule has 0 amide bonds. The Morgan fingerprint density at radius 3 is 2.50 bits per heavy atom. The lowest BCUT2D eigenvalue weighted by atomic mass is 10.1. The quantitative estimate of drug-likeness (QED) is 0.525. The molecule has 0 unspecified atom stereocenters. The molecule has 0 saturated heterocycles. The summed E-state index contributed by atoms with van der Waals surface area (Å²) in [5, 5.41) is 20.0. The average molecular weight is 416 g/mol. The molecule has 0 aliphatic carbocycles. The van der Waals surface area contributed by atoms with Gasteiger partial charge in [0.2, 0.25) is 10.0 Å². The normalized spacial score (nSPS) is 13.4. The van der Waals surface area contributed by atoms with Crippen LogP contribution in [0.15, 0.2) is 21.5 Å². The van der Waals surface area contributed by atoms with Crippen molar-refractivity contribution in [3.8, 4) is 0 Å². The van der Waals surface area contributed by atoms with E-state index in [0.717, 1.165) is 12.1 Å². The second kappa shape index (κ2) is 7.69. The molecule has 0 spiro atoms. The minimum absolute atomic E-state index is 0.105. The number of halogens is 2. The molecule has 10 heteroatoms. The first-order valence-electron chi connectivity index (χ1n) is 6.35. The topological polar surface area (TPSA) is 110 Å². The van der Waals surface area contributed by atoms with Crippen LogP contribution >= 0.6 is 27.5 Å². The predicted molar refractivity (Wildman–Crippen MR) is 86.5 cm³/mol. The minimum atomic E-state index is -4.10. The number of aliphatic hydroxyl groups excluding tert-OH is 1. The van der Waals surface area contributed by atoms with Crippen LogP contribution in [0.4, 0.5) is 5.69 Å². The first-order chi connectivity index (χ1) is 10.1. The summed E-state index contributed by atoms with van der Waals surface area (Å²) in [4.78, 5) is 9.74. The molecule has 1 aromatic carbocycles. The number of nitro groups is 1. The second-order valence-electron chi connectivity index (χ2n) is 5.13. The van der Waals surface area contributed by atoms with Crippen LogP contribution in [0, 0.1) is 16.0 Å². The van der Waals surface area contributed by atoms with Crippen LogP contribution in [0.25, 0.3) is 0 Å². The molecule has 1 rings (SSSR count). The molecule has 1 aromatic rings. The van der Waals surface area contributed by atoms with Gasteiger partial charge in [0.25, 0.3) is 5.69 Å². The lowest BCUT2D eigenvalue weighted by Gasteiger charge is -2.19. The highest BCUT2D eigenvalue weighted by Crippen LogP contribution is 2.34. The fraction of sp³-hybridized carbons (Fsp3) is 0.500. The van der Waals surface area contributed by atoms with E-state index in [4.69, 9.17) is 11.6 Å². The summed E-state index contributed by atoms with van der Waals surface area (Å²) in [6.45, 7) is 3.38. The molecule has 0 aliphatic rings. The van der Waals surface area contributed by atoms with Crippen LogP contribution < -0.4 is 4.72 Å². The zero-order valence-corrected chi connectivity index (χ0v) is 15.1. The molecule has 1 atom stereocenters. The third kappa shape index (κ3) is 4.88. The highest BCUT2D eigenvalue weighted by molar-refractivity contribution is 9.10. The van der Waals surface area contributed by atoms with Gasteiger partial charge in [-0.25, -0.2) is 13.1 Å². The van der Waals surface area contributed by atoms with Crippen LogP contribution in [-0.2, 0) is 10.0 Å². The summed E-state index contributed by atoms with van der Waals surface area (Å²) in [6, 6.07) is 1.32. The molecule has 0 aliphatic heterocycles. The Labute approximate surface area is 142 Å². The van der Waals surface area contributed by atoms with E-state index in [-0.39, 0.29) is 22.0 Å². The van der Waals surface area contributed by atoms with Gasteiger partial charge in [-0.1, -0.05) is 25.4 Å². The molecule has 0 fully saturated rings. The molecule has 124 valence electrons. The van der Waals surface area contributed by atoms with E-state index in [1.807, 2.05) is 13.8 Å². The number of hydrogen-bond donors (Lipinski definition) is 2. The zero-order valence-electron chi connectivity index (χ0n) is 11.9. The Morgan fingerprint density at radius 2 is 2.05 bits per heavy atom. The van der Waals surface area contributed by atoms with Crippen molar-refractivity contribution in [1.29, 1.82) is 0 Å². The van der Waals surface area contributed by atoms with E-state index in [1.165, 1.54) is 0 Å². The highest BCUT2D eigenvalue weighted by Gasteiger charge is 2.26. The molecule has 0 radical (unpaired) electrons. The molecular formula is C12H16BrClN2O5S. The monoisotopic (exact) mass is 414 g/mol. The predicted octanol–water partition coefficient (Wildman–Crippen LogP) is 2.70. The third-order valence-corrected chi connectivity index (χ3v) is 5.70. The largest absolute Gasteiger partial charge is 0.395 e. The molecular weight excluding hydrogens is 400 g/mol. The van der Waals surface area contributed by atoms with Crippen LogP contribution in [0.3, 0.4) is 0 Å². The maximum atomic E-state index is 12.4. The van der Waals surface area contributed by atoms with Crippen molar-refractivity contribution in [3.05, 3.63) is 31.7 Å². The van der Waals surface area contributed by atoms with Crippen molar-refractivity contribution in [3.63, 3.8) is 0 Å². The standard InChI is InChI=1S/C12H16BrClN2O5S/c1-7(2)3-8(6-17)15-22(20,21)11-5-9(16(18)19)4-10(13)12(11)14/h4-5,7-8,15,17H,3,6H2,1-2H3/t8-/m1/s1. The van der Waals surface area contributed by atoms with Crippen molar-refractivity contribution in [2.75, 3.05) is 6.61 Å². The van der Waals surface area contributed by atoms with Gasteiger partial charge in [-0.15, -0.1) is 0 Å². The van der Waals surface area contributed by atoms with Gasteiger partial charge in [-0.05, 0) is 28.3 Å². The molecule has 0 saturated carbocycles. The van der Waals surface area contributed by atoms with E-state index in [9.17, 15) is 23.6 Å². The van der Waals surface area contributed by atoms with Gasteiger partial charge in [0.1, 0.15) is 4.90 Å². The number of benzene rings is 1. The van der Waals surface area contributed by atoms with Gasteiger partial charge in [0.05, 0.1) is 16.6 Å². The van der Waals surface area contributed by atoms with E-state index in [1.54, 1.807) is 0 Å². The van der Waals surface area contributed by atoms with Crippen LogP contribution in [0.2, 0.25) is 5.02 Å². The number of rotatable bonds is 7. The first kappa shape index (κ1) is 19.3. The summed E-state index contributed by atoms with van der Waals surface area (Å²) in [7, 11) is -4.10. The number of non-ortho nitro benzene ring substituents is 1. The fourth-order valence-electron chi connectivity index (χ4n) is 1.86. The van der Waals surface area contributed by atoms with Crippen molar-refractivity contribution >= 4 is 43.2 Å². The van der Waals surface area contributed by atoms with Gasteiger partial charge in [-0.2, -0.15) is 0 Å². The highest BCUT2D eigenvalue weighted by atomic mass is 79.9. The number of hydrogen-bond acceptors (Lipinski definition) is 5. The third-order valence-electron chi connectivity index (χ3n) is 2.78. The van der Waals surface area contributed by atoms with E-state index < -0.39 is 31.6 Å². The van der Waals surface area contributed by atoms with Crippen LogP contribution in [0.1, 0.15) is 20.3 Å². The average Bonchev–Trinajstić information content (AvgIpc) is 2.39. The van der Waals surface area contributed by atoms with Gasteiger partial charge in [0, 0.05) is 22.6 Å². The molecule has 0 heterocycles. The molecule has 22 heavy (non-hydrogen) atoms. The van der Waals surface area contributed by atoms with Crippen molar-refractivity contribution in [2.24, 2.45) is 5.92 Å². The van der Waals surface area contributed by atoms with E-state index >= 15 is 0 Å². The van der Waals surface area contributed by atoms with E-state index in [0.29, 0.717) is 6.42 Å². The van der Waals surface area contributed by atoms with Crippen molar-refractivity contribution in [2.45, 2.75) is 31.2 Å². The summed E-state index contributed by atoms with van der Waals surface area (Å²) >= 11 is 8.94. The number of nitro benzene ring substituents is 1. The van der Waals surface area contributed by atoms with Gasteiger partial charge in [0.15, 0.2) is 0 Å². The van der Waals surface area contributed by atoms with Gasteiger partial charge in [-0.3, -0.25) is 10.1 Å². The number of aliphatic hydroxyl groups is 1. The Bertz CT molecular complexity index is 666. The Kier molecular flexibility index (Phi) is 6.75. The summed E-state index contributed by atoms with van der Waals surface area (Å²) in [5.74, 6) is 0.159. The lowest BCUT2D eigenvalue weighted by Crippen LogP contribution is -2.38. The molecule has 0 aromatic heterocycles. The Balaban J connectivity index is 3.24.